The summed E-state index contributed by atoms with van der Waals surface area (Å²) in [7, 11) is 251. The van der Waals surface area contributed by atoms with Crippen LogP contribution in [0.15, 0.2) is 48.5 Å². The molecule has 38 heteroatoms. The Morgan fingerprint density at radius 3 is 1.16 bits per heavy atom. The lowest BCUT2D eigenvalue weighted by molar-refractivity contribution is 0.808. The molecular formula is C67H8B36N2. The van der Waals surface area contributed by atoms with Gasteiger partial charge < -0.3 is 9.47 Å². The summed E-state index contributed by atoms with van der Waals surface area (Å²) < 4.78 is 1.54. The van der Waals surface area contributed by atoms with Crippen LogP contribution in [0.4, 0.5) is 17.1 Å². The summed E-state index contributed by atoms with van der Waals surface area (Å²) >= 11 is 0. The number of aromatic nitrogens is 1. The van der Waals surface area contributed by atoms with Gasteiger partial charge in [-0.2, -0.15) is 0 Å². The first-order valence-corrected chi connectivity index (χ1v) is 31.4. The van der Waals surface area contributed by atoms with E-state index in [9.17, 15) is 0 Å². The molecule has 105 heavy (non-hydrogen) atoms. The lowest BCUT2D eigenvalue weighted by Crippen LogP contribution is -2.56. The Kier molecular flexibility index (Phi) is 18.4. The van der Waals surface area contributed by atoms with Crippen molar-refractivity contribution in [2.24, 2.45) is 0 Å². The molecule has 12 aromatic rings. The largest absolute Gasteiger partial charge is 0.312 e. The van der Waals surface area contributed by atoms with Gasteiger partial charge in [-0.15, -0.1) is 98.3 Å². The minimum Gasteiger partial charge on any atom is -0.312 e. The Morgan fingerprint density at radius 1 is 0.229 bits per heavy atom. The zero-order valence-electron chi connectivity index (χ0n) is 55.8. The third-order valence-corrected chi connectivity index (χ3v) is 21.0. The molecular weight excluding hydrogens is 1220 g/mol. The molecule has 1 spiro atoms. The van der Waals surface area contributed by atoms with Gasteiger partial charge in [0.15, 0.2) is 0 Å². The molecule has 0 fully saturated rings. The van der Waals surface area contributed by atoms with Gasteiger partial charge in [0.1, 0.15) is 282 Å². The fourth-order valence-electron chi connectivity index (χ4n) is 15.4. The van der Waals surface area contributed by atoms with E-state index < -0.39 is 5.41 Å². The number of nitrogens with zero attached hydrogens (tertiary/aromatic N) is 2. The molecule has 2 aliphatic rings. The molecule has 1 heterocycles. The Labute approximate surface area is 659 Å². The molecule has 0 N–H and O–H groups in total. The highest BCUT2D eigenvalue weighted by Gasteiger charge is 2.56. The second kappa shape index (κ2) is 25.8. The maximum atomic E-state index is 7.74. The Hall–Kier alpha value is -6.64. The summed E-state index contributed by atoms with van der Waals surface area (Å²) in [5.41, 5.74) is -4.64. The van der Waals surface area contributed by atoms with Crippen molar-refractivity contribution in [2.75, 3.05) is 4.90 Å². The van der Waals surface area contributed by atoms with E-state index >= 15 is 0 Å². The number of fused-ring (bicyclic) bond motifs is 13. The van der Waals surface area contributed by atoms with Gasteiger partial charge in [0.05, 0.1) is 10.9 Å². The lowest BCUT2D eigenvalue weighted by Gasteiger charge is -2.39. The van der Waals surface area contributed by atoms with Gasteiger partial charge in [0.25, 0.3) is 0 Å². The third kappa shape index (κ3) is 9.95. The van der Waals surface area contributed by atoms with Crippen molar-refractivity contribution in [3.05, 3.63) is 70.8 Å². The predicted molar refractivity (Wildman–Crippen MR) is 482 cm³/mol. The fraction of sp³-hybridized carbons (Fsp3) is 0.0149. The number of benzene rings is 11. The zero-order chi connectivity index (χ0) is 76.8. The smallest absolute Gasteiger partial charge is 0.115 e. The van der Waals surface area contributed by atoms with Crippen LogP contribution < -0.4 is 202 Å². The third-order valence-electron chi connectivity index (χ3n) is 21.0. The summed E-state index contributed by atoms with van der Waals surface area (Å²) in [6, 6.07) is 12.3. The SMILES string of the molecule is [B]c1cc2c(cc1[B])C1(c3cc([B])c([B])c([B])c3-c3c([B])c([B])c([B])c([B])c31)c1c([B])c([B])c([B])c(N(c3ccc(-c4c([B])c(-c5c([B])c([B])c([B])c([B])c5[B])cc(-c5c([B])c([B])c([B])c([B])c5[B])c4[B])c([B])c3[B])c3cc4c(c([B])c3[B])c3c([B])c([B])c([B])c([B])c3n4-c3cc([B])c([B])c([B])c3[B])c1-2. The molecule has 11 aromatic carbocycles. The summed E-state index contributed by atoms with van der Waals surface area (Å²) in [5.74, 6) is 0. The van der Waals surface area contributed by atoms with Crippen molar-refractivity contribution in [3.8, 4) is 61.3 Å². The summed E-state index contributed by atoms with van der Waals surface area (Å²) in [6.45, 7) is 0. The van der Waals surface area contributed by atoms with E-state index in [-0.39, 0.29) is 314 Å². The van der Waals surface area contributed by atoms with Crippen molar-refractivity contribution in [1.29, 1.82) is 0 Å². The Morgan fingerprint density at radius 2 is 0.619 bits per heavy atom. The molecule has 0 saturated heterocycles. The van der Waals surface area contributed by atoms with E-state index in [1.165, 1.54) is 29.2 Å². The van der Waals surface area contributed by atoms with Crippen LogP contribution >= 0.6 is 0 Å². The fourth-order valence-corrected chi connectivity index (χ4v) is 15.4. The maximum absolute atomic E-state index is 7.74. The standard InChI is InChI=1S/C67H8B36N2/c68-15-4-10-13(5-16(15)69)67(14-6-17(70)36(75)45(84)27(14)29-32(67)50(89)58(97)56(95)47(29)86)31-23(10)65(63(102)59(98)49(31)88)104(22-8-20-28(46(85)39(22)78)30-48(87)57(96)62(101)64(103)66(30)105(20)21-7-18(71)37(76)51(90)40(21)79)19-2-1-9(35(74)38(19)77)24-33(72)11(25-41(80)52(91)60(99)53(92)42(25)81)3-12(34(24)73)26-43(82)54(93)61(100)55(94)44(26)83/h1-8H. The molecule has 1 unspecified atom stereocenters. The molecule has 72 radical (unpaired) electrons. The first-order valence-electron chi connectivity index (χ1n) is 31.4. The predicted octanol–water partition coefficient (Wildman–Crippen LogP) is -25.8. The minimum absolute atomic E-state index is 0.00495. The van der Waals surface area contributed by atoms with Crippen molar-refractivity contribution in [3.63, 3.8) is 0 Å². The maximum Gasteiger partial charge on any atom is 0.115 e. The van der Waals surface area contributed by atoms with Crippen LogP contribution in [0.1, 0.15) is 22.3 Å². The van der Waals surface area contributed by atoms with Crippen LogP contribution in [-0.2, 0) is 5.41 Å². The van der Waals surface area contributed by atoms with Gasteiger partial charge in [-0.3, -0.25) is 0 Å². The number of hydrogen-bond donors (Lipinski definition) is 0. The summed E-state index contributed by atoms with van der Waals surface area (Å²) in [5, 5.41) is 0.281. The van der Waals surface area contributed by atoms with E-state index in [0.29, 0.717) is 5.56 Å². The normalized spacial score (nSPS) is 13.4. The van der Waals surface area contributed by atoms with E-state index in [2.05, 4.69) is 0 Å². The first-order chi connectivity index (χ1) is 49.2. The van der Waals surface area contributed by atoms with Crippen molar-refractivity contribution < 1.29 is 0 Å². The van der Waals surface area contributed by atoms with Crippen LogP contribution in [0, 0.1) is 0 Å². The number of hydrogen-bond acceptors (Lipinski definition) is 1. The summed E-state index contributed by atoms with van der Waals surface area (Å²) in [4.78, 5) is 1.50. The molecule has 0 amide bonds. The average Bonchev–Trinajstić information content (AvgIpc) is 1.48. The topological polar surface area (TPSA) is 8.17 Å². The second-order valence-corrected chi connectivity index (χ2v) is 26.1. The van der Waals surface area contributed by atoms with Gasteiger partial charge in [0, 0.05) is 33.8 Å². The Bertz CT molecular complexity index is 5990. The molecule has 1 atom stereocenters. The van der Waals surface area contributed by atoms with Crippen LogP contribution in [0.3, 0.4) is 0 Å². The first kappa shape index (κ1) is 75.2. The van der Waals surface area contributed by atoms with Crippen molar-refractivity contribution in [2.45, 2.75) is 5.41 Å². The van der Waals surface area contributed by atoms with Crippen molar-refractivity contribution >= 4 is 518 Å². The Balaban J connectivity index is 1.20. The van der Waals surface area contributed by atoms with Crippen LogP contribution in [0.2, 0.25) is 0 Å². The number of anilines is 3. The molecule has 0 aliphatic heterocycles. The van der Waals surface area contributed by atoms with Gasteiger partial charge in [-0.05, 0) is 107 Å². The molecule has 2 nitrogen and oxygen atoms in total. The van der Waals surface area contributed by atoms with E-state index in [1.54, 1.807) is 28.8 Å². The highest BCUT2D eigenvalue weighted by Crippen LogP contribution is 2.62. The summed E-state index contributed by atoms with van der Waals surface area (Å²) in [6.07, 6.45) is 0. The van der Waals surface area contributed by atoms with Gasteiger partial charge in [-0.25, -0.2) is 0 Å². The van der Waals surface area contributed by atoms with Gasteiger partial charge in [0.2, 0.25) is 0 Å². The molecule has 2 aliphatic carbocycles. The molecule has 0 bridgehead atoms. The van der Waals surface area contributed by atoms with Gasteiger partial charge in [-0.1, -0.05) is 123 Å². The molecule has 14 rings (SSSR count). The highest BCUT2D eigenvalue weighted by molar-refractivity contribution is 6.75. The zero-order valence-corrected chi connectivity index (χ0v) is 55.8. The highest BCUT2D eigenvalue weighted by atomic mass is 15.2. The van der Waals surface area contributed by atoms with Crippen LogP contribution in [-0.4, -0.2) is 287 Å². The van der Waals surface area contributed by atoms with Crippen LogP contribution in [0.5, 0.6) is 0 Å². The van der Waals surface area contributed by atoms with E-state index in [1.807, 2.05) is 0 Å². The van der Waals surface area contributed by atoms with Gasteiger partial charge >= 0.3 is 0 Å². The second-order valence-electron chi connectivity index (χ2n) is 26.1. The monoisotopic (exact) mass is 1240 g/mol. The average molecular weight is 1230 g/mol. The molecule has 1 aromatic heterocycles. The van der Waals surface area contributed by atoms with Crippen LogP contribution in [0.25, 0.3) is 83.1 Å². The quantitative estimate of drug-likeness (QED) is 0.144. The number of rotatable bonds is 7. The van der Waals surface area contributed by atoms with Crippen molar-refractivity contribution in [1.82, 2.24) is 4.57 Å². The van der Waals surface area contributed by atoms with E-state index in [4.69, 9.17) is 282 Å². The minimum atomic E-state index is -1.90. The molecule has 0 saturated carbocycles. The lowest BCUT2D eigenvalue weighted by atomic mass is 9.56. The molecule has 394 valence electrons. The van der Waals surface area contributed by atoms with E-state index in [0.717, 1.165) is 0 Å².